The average Bonchev–Trinajstić information content (AvgIpc) is 3.15. The van der Waals surface area contributed by atoms with Crippen molar-refractivity contribution in [2.75, 3.05) is 24.7 Å². The van der Waals surface area contributed by atoms with Gasteiger partial charge in [-0.05, 0) is 19.1 Å². The summed E-state index contributed by atoms with van der Waals surface area (Å²) in [5.74, 6) is 0.942. The van der Waals surface area contributed by atoms with Crippen molar-refractivity contribution in [1.82, 2.24) is 24.4 Å². The molecule has 0 aromatic carbocycles. The van der Waals surface area contributed by atoms with E-state index in [1.807, 2.05) is 28.5 Å². The molecule has 1 aliphatic heterocycles. The summed E-state index contributed by atoms with van der Waals surface area (Å²) in [6.07, 6.45) is 5.38. The van der Waals surface area contributed by atoms with E-state index in [0.717, 1.165) is 42.4 Å². The summed E-state index contributed by atoms with van der Waals surface area (Å²) in [4.78, 5) is 6.51. The molecule has 0 unspecified atom stereocenters. The Balaban J connectivity index is 1.89. The molecule has 1 aliphatic rings. The summed E-state index contributed by atoms with van der Waals surface area (Å²) in [5.41, 5.74) is 3.12. The summed E-state index contributed by atoms with van der Waals surface area (Å²) in [7, 11) is 1.94. The Morgan fingerprint density at radius 3 is 3.05 bits per heavy atom. The first kappa shape index (κ1) is 13.3. The van der Waals surface area contributed by atoms with Crippen LogP contribution in [0.3, 0.4) is 0 Å². The van der Waals surface area contributed by atoms with E-state index in [-0.39, 0.29) is 0 Å². The van der Waals surface area contributed by atoms with Crippen LogP contribution in [-0.4, -0.2) is 50.2 Å². The van der Waals surface area contributed by atoms with Gasteiger partial charge in [0.2, 0.25) is 0 Å². The van der Waals surface area contributed by atoms with Crippen LogP contribution < -0.4 is 4.90 Å². The molecule has 0 bridgehead atoms. The van der Waals surface area contributed by atoms with Gasteiger partial charge < -0.3 is 9.64 Å². The zero-order chi connectivity index (χ0) is 15.1. The van der Waals surface area contributed by atoms with Crippen LogP contribution in [0, 0.1) is 0 Å². The maximum Gasteiger partial charge on any atom is 0.150 e. The van der Waals surface area contributed by atoms with E-state index in [0.29, 0.717) is 6.04 Å². The third-order valence-electron chi connectivity index (χ3n) is 4.14. The molecular formula is C15H18N6O. The second-order valence-corrected chi connectivity index (χ2v) is 5.60. The molecule has 1 saturated heterocycles. The molecule has 3 aromatic heterocycles. The topological polar surface area (TPSA) is 60.5 Å². The van der Waals surface area contributed by atoms with Crippen LogP contribution in [0.5, 0.6) is 0 Å². The zero-order valence-electron chi connectivity index (χ0n) is 12.7. The van der Waals surface area contributed by atoms with Crippen molar-refractivity contribution in [3.63, 3.8) is 0 Å². The van der Waals surface area contributed by atoms with E-state index in [2.05, 4.69) is 28.0 Å². The lowest BCUT2D eigenvalue weighted by Crippen LogP contribution is -2.44. The van der Waals surface area contributed by atoms with Gasteiger partial charge in [0.25, 0.3) is 0 Å². The van der Waals surface area contributed by atoms with Crippen molar-refractivity contribution in [2.24, 2.45) is 7.05 Å². The molecular weight excluding hydrogens is 280 g/mol. The number of morpholine rings is 1. The third-order valence-corrected chi connectivity index (χ3v) is 4.14. The van der Waals surface area contributed by atoms with Gasteiger partial charge in [0.1, 0.15) is 6.33 Å². The van der Waals surface area contributed by atoms with Gasteiger partial charge in [-0.15, -0.1) is 5.10 Å². The first-order chi connectivity index (χ1) is 10.7. The molecule has 7 nitrogen and oxygen atoms in total. The van der Waals surface area contributed by atoms with E-state index in [9.17, 15) is 0 Å². The maximum absolute atomic E-state index is 5.52. The van der Waals surface area contributed by atoms with Crippen LogP contribution in [0.1, 0.15) is 6.92 Å². The molecule has 0 radical (unpaired) electrons. The summed E-state index contributed by atoms with van der Waals surface area (Å²) in [6.45, 7) is 4.46. The molecule has 0 aliphatic carbocycles. The van der Waals surface area contributed by atoms with Crippen LogP contribution in [0.15, 0.2) is 30.9 Å². The van der Waals surface area contributed by atoms with E-state index in [4.69, 9.17) is 9.84 Å². The number of anilines is 1. The minimum absolute atomic E-state index is 0.307. The van der Waals surface area contributed by atoms with Crippen molar-refractivity contribution >= 4 is 11.3 Å². The van der Waals surface area contributed by atoms with Crippen molar-refractivity contribution in [1.29, 1.82) is 0 Å². The monoisotopic (exact) mass is 298 g/mol. The highest BCUT2D eigenvalue weighted by molar-refractivity contribution is 5.79. The summed E-state index contributed by atoms with van der Waals surface area (Å²) in [5, 5.41) is 8.98. The summed E-state index contributed by atoms with van der Waals surface area (Å²) in [6, 6.07) is 4.44. The van der Waals surface area contributed by atoms with Gasteiger partial charge in [0, 0.05) is 25.4 Å². The van der Waals surface area contributed by atoms with Gasteiger partial charge in [-0.3, -0.25) is 4.68 Å². The lowest BCUT2D eigenvalue weighted by atomic mass is 10.1. The van der Waals surface area contributed by atoms with E-state index < -0.39 is 0 Å². The molecule has 4 heterocycles. The molecule has 1 atom stereocenters. The fraction of sp³-hybridized carbons (Fsp3) is 0.400. The number of nitrogens with zero attached hydrogens (tertiary/aromatic N) is 6. The van der Waals surface area contributed by atoms with Gasteiger partial charge in [0.05, 0.1) is 36.7 Å². The van der Waals surface area contributed by atoms with Crippen molar-refractivity contribution in [3.05, 3.63) is 30.9 Å². The molecule has 0 saturated carbocycles. The lowest BCUT2D eigenvalue weighted by Gasteiger charge is -2.34. The molecule has 3 aromatic rings. The number of hydrogen-bond acceptors (Lipinski definition) is 5. The third kappa shape index (κ3) is 2.05. The normalized spacial score (nSPS) is 19.0. The fourth-order valence-electron chi connectivity index (χ4n) is 2.95. The molecule has 114 valence electrons. The molecule has 0 amide bonds. The Morgan fingerprint density at radius 2 is 2.27 bits per heavy atom. The quantitative estimate of drug-likeness (QED) is 0.715. The lowest BCUT2D eigenvalue weighted by molar-refractivity contribution is 0.0984. The van der Waals surface area contributed by atoms with Crippen LogP contribution in [-0.2, 0) is 11.8 Å². The largest absolute Gasteiger partial charge is 0.377 e. The van der Waals surface area contributed by atoms with Crippen LogP contribution >= 0.6 is 0 Å². The number of ether oxygens (including phenoxy) is 1. The molecule has 1 fully saturated rings. The van der Waals surface area contributed by atoms with Crippen LogP contribution in [0.2, 0.25) is 0 Å². The smallest absolute Gasteiger partial charge is 0.150 e. The predicted octanol–water partition coefficient (Wildman–Crippen LogP) is 1.35. The Kier molecular flexibility index (Phi) is 3.07. The SMILES string of the molecule is C[C@@H]1COCCN1c1cc(-c2ccnn2C)c2cncn2n1. The van der Waals surface area contributed by atoms with Crippen molar-refractivity contribution in [3.8, 4) is 11.3 Å². The summed E-state index contributed by atoms with van der Waals surface area (Å²) < 4.78 is 9.23. The second-order valence-electron chi connectivity index (χ2n) is 5.60. The zero-order valence-corrected chi connectivity index (χ0v) is 12.7. The minimum atomic E-state index is 0.307. The van der Waals surface area contributed by atoms with Gasteiger partial charge in [0.15, 0.2) is 5.82 Å². The molecule has 0 N–H and O–H groups in total. The van der Waals surface area contributed by atoms with Gasteiger partial charge in [-0.2, -0.15) is 5.10 Å². The molecule has 4 rings (SSSR count). The molecule has 0 spiro atoms. The Labute approximate surface area is 128 Å². The van der Waals surface area contributed by atoms with E-state index >= 15 is 0 Å². The first-order valence-electron chi connectivity index (χ1n) is 7.40. The van der Waals surface area contributed by atoms with Gasteiger partial charge >= 0.3 is 0 Å². The second kappa shape index (κ2) is 5.10. The molecule has 7 heteroatoms. The first-order valence-corrected chi connectivity index (χ1v) is 7.40. The van der Waals surface area contributed by atoms with Crippen molar-refractivity contribution < 1.29 is 4.74 Å². The Bertz CT molecular complexity index is 807. The fourth-order valence-corrected chi connectivity index (χ4v) is 2.95. The predicted molar refractivity (Wildman–Crippen MR) is 82.8 cm³/mol. The number of aromatic nitrogens is 5. The number of aryl methyl sites for hydroxylation is 1. The Hall–Kier alpha value is -2.41. The van der Waals surface area contributed by atoms with Gasteiger partial charge in [-0.25, -0.2) is 9.50 Å². The Morgan fingerprint density at radius 1 is 1.36 bits per heavy atom. The van der Waals surface area contributed by atoms with E-state index in [1.165, 1.54) is 0 Å². The van der Waals surface area contributed by atoms with Crippen LogP contribution in [0.25, 0.3) is 16.8 Å². The highest BCUT2D eigenvalue weighted by Gasteiger charge is 2.22. The number of hydrogen-bond donors (Lipinski definition) is 0. The highest BCUT2D eigenvalue weighted by Crippen LogP contribution is 2.28. The highest BCUT2D eigenvalue weighted by atomic mass is 16.5. The van der Waals surface area contributed by atoms with Gasteiger partial charge in [-0.1, -0.05) is 0 Å². The number of imidazole rings is 1. The van der Waals surface area contributed by atoms with Crippen LogP contribution in [0.4, 0.5) is 5.82 Å². The standard InChI is InChI=1S/C15H18N6O/c1-11-9-22-6-5-20(11)15-7-12(13-3-4-17-19(13)2)14-8-16-10-21(14)18-15/h3-4,7-8,10-11H,5-6,9H2,1-2H3/t11-/m1/s1. The number of rotatable bonds is 2. The summed E-state index contributed by atoms with van der Waals surface area (Å²) >= 11 is 0. The molecule has 22 heavy (non-hydrogen) atoms. The van der Waals surface area contributed by atoms with Crippen molar-refractivity contribution in [2.45, 2.75) is 13.0 Å². The van der Waals surface area contributed by atoms with E-state index in [1.54, 1.807) is 12.5 Å². The number of fused-ring (bicyclic) bond motifs is 1. The minimum Gasteiger partial charge on any atom is -0.377 e. The maximum atomic E-state index is 5.52. The average molecular weight is 298 g/mol.